The van der Waals surface area contributed by atoms with E-state index in [2.05, 4.69) is 0 Å². The number of carbonyl (C=O) groups excluding carboxylic acids is 2. The molecule has 0 spiro atoms. The largest absolute Gasteiger partial charge is 0.497 e. The van der Waals surface area contributed by atoms with Gasteiger partial charge in [-0.1, -0.05) is 42.5 Å². The van der Waals surface area contributed by atoms with E-state index in [0.717, 1.165) is 5.56 Å². The molecule has 1 aliphatic rings. The third kappa shape index (κ3) is 5.37. The van der Waals surface area contributed by atoms with Crippen molar-refractivity contribution in [3.63, 3.8) is 0 Å². The minimum Gasteiger partial charge on any atom is -0.497 e. The topological polar surface area (TPSA) is 86.7 Å². The summed E-state index contributed by atoms with van der Waals surface area (Å²) in [4.78, 5) is 26.7. The highest BCUT2D eigenvalue weighted by Crippen LogP contribution is 2.40. The van der Waals surface area contributed by atoms with Crippen LogP contribution in [-0.2, 0) is 0 Å². The molecular formula is C32H28N2O6. The summed E-state index contributed by atoms with van der Waals surface area (Å²) in [5.41, 5.74) is 2.90. The van der Waals surface area contributed by atoms with Gasteiger partial charge in [0, 0.05) is 23.6 Å². The second-order valence-electron chi connectivity index (χ2n) is 9.01. The molecule has 0 radical (unpaired) electrons. The van der Waals surface area contributed by atoms with Gasteiger partial charge in [0.2, 0.25) is 0 Å². The molecule has 1 aliphatic heterocycles. The minimum absolute atomic E-state index is 0.258. The zero-order valence-corrected chi connectivity index (χ0v) is 22.4. The first-order valence-corrected chi connectivity index (χ1v) is 12.7. The number of hydrazone groups is 1. The van der Waals surface area contributed by atoms with Crippen molar-refractivity contribution < 1.29 is 28.5 Å². The molecular weight excluding hydrogens is 508 g/mol. The average Bonchev–Trinajstić information content (AvgIpc) is 3.46. The molecule has 0 N–H and O–H groups in total. The van der Waals surface area contributed by atoms with Crippen LogP contribution in [0.2, 0.25) is 0 Å². The fourth-order valence-corrected chi connectivity index (χ4v) is 4.58. The van der Waals surface area contributed by atoms with Crippen LogP contribution >= 0.6 is 0 Å². The summed E-state index contributed by atoms with van der Waals surface area (Å²) in [5.74, 6) is 1.16. The Labute approximate surface area is 232 Å². The minimum atomic E-state index is -0.512. The third-order valence-corrected chi connectivity index (χ3v) is 6.64. The van der Waals surface area contributed by atoms with E-state index < -0.39 is 12.0 Å². The van der Waals surface area contributed by atoms with Crippen LogP contribution in [0, 0.1) is 0 Å². The Kier molecular flexibility index (Phi) is 7.77. The van der Waals surface area contributed by atoms with Gasteiger partial charge in [-0.3, -0.25) is 4.79 Å². The molecule has 0 aromatic heterocycles. The van der Waals surface area contributed by atoms with Crippen molar-refractivity contribution in [1.29, 1.82) is 0 Å². The lowest BCUT2D eigenvalue weighted by atomic mass is 9.97. The molecule has 1 amide bonds. The normalized spacial score (nSPS) is 14.3. The van der Waals surface area contributed by atoms with Crippen molar-refractivity contribution in [2.45, 2.75) is 12.5 Å². The van der Waals surface area contributed by atoms with Gasteiger partial charge < -0.3 is 18.9 Å². The smallest absolute Gasteiger partial charge is 0.343 e. The first-order valence-electron chi connectivity index (χ1n) is 12.7. The third-order valence-electron chi connectivity index (χ3n) is 6.64. The van der Waals surface area contributed by atoms with Gasteiger partial charge in [-0.05, 0) is 54.1 Å². The highest BCUT2D eigenvalue weighted by atomic mass is 16.5. The second-order valence-corrected chi connectivity index (χ2v) is 9.01. The van der Waals surface area contributed by atoms with E-state index in [0.29, 0.717) is 46.1 Å². The van der Waals surface area contributed by atoms with Crippen LogP contribution in [0.1, 0.15) is 44.3 Å². The van der Waals surface area contributed by atoms with Crippen molar-refractivity contribution in [3.8, 4) is 23.0 Å². The first kappa shape index (κ1) is 26.5. The summed E-state index contributed by atoms with van der Waals surface area (Å²) in [6.45, 7) is 0. The Morgan fingerprint density at radius 3 is 2.05 bits per heavy atom. The number of hydrogen-bond donors (Lipinski definition) is 0. The van der Waals surface area contributed by atoms with Gasteiger partial charge in [-0.15, -0.1) is 0 Å². The molecule has 0 aliphatic carbocycles. The number of nitrogens with zero attached hydrogens (tertiary/aromatic N) is 2. The summed E-state index contributed by atoms with van der Waals surface area (Å²) >= 11 is 0. The van der Waals surface area contributed by atoms with E-state index in [-0.39, 0.29) is 11.7 Å². The monoisotopic (exact) mass is 536 g/mol. The maximum atomic E-state index is 13.7. The van der Waals surface area contributed by atoms with Crippen LogP contribution in [0.5, 0.6) is 23.0 Å². The molecule has 1 heterocycles. The first-order chi connectivity index (χ1) is 19.5. The standard InChI is InChI=1S/C32H28N2O6/c1-37-24-15-16-25(29(19-24)40-32(36)22-12-8-5-9-13-22)26-20-27(23-14-17-28(38-2)30(18-23)39-3)34(33-26)31(35)21-10-6-4-7-11-21/h4-19,27H,20H2,1-3H3. The van der Waals surface area contributed by atoms with Crippen LogP contribution in [0.25, 0.3) is 0 Å². The van der Waals surface area contributed by atoms with Crippen LogP contribution in [0.3, 0.4) is 0 Å². The van der Waals surface area contributed by atoms with E-state index in [4.69, 9.17) is 24.0 Å². The van der Waals surface area contributed by atoms with Gasteiger partial charge in [0.05, 0.1) is 38.6 Å². The van der Waals surface area contributed by atoms with Gasteiger partial charge in [-0.2, -0.15) is 5.10 Å². The Bertz CT molecular complexity index is 1550. The Morgan fingerprint density at radius 1 is 0.725 bits per heavy atom. The fraction of sp³-hybridized carbons (Fsp3) is 0.156. The number of esters is 1. The number of amides is 1. The van der Waals surface area contributed by atoms with Crippen molar-refractivity contribution in [2.75, 3.05) is 21.3 Å². The van der Waals surface area contributed by atoms with Gasteiger partial charge in [0.1, 0.15) is 11.5 Å². The molecule has 4 aromatic rings. The highest BCUT2D eigenvalue weighted by molar-refractivity contribution is 6.07. The van der Waals surface area contributed by atoms with Crippen molar-refractivity contribution in [1.82, 2.24) is 5.01 Å². The van der Waals surface area contributed by atoms with E-state index in [1.165, 1.54) is 12.1 Å². The molecule has 40 heavy (non-hydrogen) atoms. The lowest BCUT2D eigenvalue weighted by Gasteiger charge is -2.23. The molecule has 4 aromatic carbocycles. The summed E-state index contributed by atoms with van der Waals surface area (Å²) < 4.78 is 22.2. The summed E-state index contributed by atoms with van der Waals surface area (Å²) in [6.07, 6.45) is 0.371. The predicted molar refractivity (Wildman–Crippen MR) is 150 cm³/mol. The highest BCUT2D eigenvalue weighted by Gasteiger charge is 2.35. The number of methoxy groups -OCH3 is 3. The van der Waals surface area contributed by atoms with E-state index in [1.54, 1.807) is 74.9 Å². The molecule has 5 rings (SSSR count). The van der Waals surface area contributed by atoms with Crippen molar-refractivity contribution >= 4 is 17.6 Å². The van der Waals surface area contributed by atoms with Gasteiger partial charge in [0.15, 0.2) is 11.5 Å². The van der Waals surface area contributed by atoms with Crippen LogP contribution in [0.4, 0.5) is 0 Å². The average molecular weight is 537 g/mol. The van der Waals surface area contributed by atoms with E-state index >= 15 is 0 Å². The summed E-state index contributed by atoms with van der Waals surface area (Å²) in [7, 11) is 4.68. The predicted octanol–water partition coefficient (Wildman–Crippen LogP) is 5.92. The number of hydrogen-bond acceptors (Lipinski definition) is 7. The van der Waals surface area contributed by atoms with Gasteiger partial charge in [0.25, 0.3) is 5.91 Å². The molecule has 0 saturated carbocycles. The SMILES string of the molecule is COc1ccc(C2=NN(C(=O)c3ccccc3)C(c3ccc(OC)c(OC)c3)C2)c(OC(=O)c2ccccc2)c1. The Balaban J connectivity index is 1.56. The molecule has 8 heteroatoms. The quantitative estimate of drug-likeness (QED) is 0.205. The van der Waals surface area contributed by atoms with Crippen LogP contribution < -0.4 is 18.9 Å². The zero-order chi connectivity index (χ0) is 28.1. The molecule has 0 bridgehead atoms. The lowest BCUT2D eigenvalue weighted by Crippen LogP contribution is -2.27. The van der Waals surface area contributed by atoms with Crippen molar-refractivity contribution in [2.24, 2.45) is 5.10 Å². The maximum Gasteiger partial charge on any atom is 0.343 e. The molecule has 0 fully saturated rings. The second kappa shape index (κ2) is 11.7. The molecule has 202 valence electrons. The Morgan fingerprint density at radius 2 is 1.40 bits per heavy atom. The number of benzene rings is 4. The zero-order valence-electron chi connectivity index (χ0n) is 22.4. The lowest BCUT2D eigenvalue weighted by molar-refractivity contribution is 0.0707. The fourth-order valence-electron chi connectivity index (χ4n) is 4.58. The summed E-state index contributed by atoms with van der Waals surface area (Å²) in [6, 6.07) is 28.0. The maximum absolute atomic E-state index is 13.7. The van der Waals surface area contributed by atoms with Gasteiger partial charge >= 0.3 is 5.97 Å². The number of carbonyl (C=O) groups is 2. The molecule has 1 atom stereocenters. The Hall–Kier alpha value is -5.11. The molecule has 1 unspecified atom stereocenters. The number of ether oxygens (including phenoxy) is 4. The van der Waals surface area contributed by atoms with Crippen LogP contribution in [-0.4, -0.2) is 43.9 Å². The summed E-state index contributed by atoms with van der Waals surface area (Å²) in [5, 5.41) is 6.25. The molecule has 0 saturated heterocycles. The van der Waals surface area contributed by atoms with Crippen LogP contribution in [0.15, 0.2) is 102 Å². The molecule has 8 nitrogen and oxygen atoms in total. The van der Waals surface area contributed by atoms with E-state index in [1.807, 2.05) is 36.4 Å². The van der Waals surface area contributed by atoms with E-state index in [9.17, 15) is 9.59 Å². The number of rotatable bonds is 8. The van der Waals surface area contributed by atoms with Crippen molar-refractivity contribution in [3.05, 3.63) is 119 Å². The van der Waals surface area contributed by atoms with Gasteiger partial charge in [-0.25, -0.2) is 9.80 Å².